The SMILES string of the molecule is CC[C@@H](Oc1nc(Oc2cc(CN3CCCS3(O)O)cc(-c3cccc(CN)c3)c2)c(F)cc1F)C(=O)O. The summed E-state index contributed by atoms with van der Waals surface area (Å²) in [7, 11) is -2.89. The zero-order valence-corrected chi connectivity index (χ0v) is 21.5. The molecule has 0 unspecified atom stereocenters. The Hall–Kier alpha value is -3.29. The highest BCUT2D eigenvalue weighted by Crippen LogP contribution is 2.49. The molecule has 3 aromatic rings. The van der Waals surface area contributed by atoms with Gasteiger partial charge in [0.25, 0.3) is 11.8 Å². The maximum atomic E-state index is 14.7. The lowest BCUT2D eigenvalue weighted by atomic mass is 10.0. The summed E-state index contributed by atoms with van der Waals surface area (Å²) in [5.74, 6) is -4.45. The van der Waals surface area contributed by atoms with Crippen LogP contribution in [0, 0.1) is 11.6 Å². The Kier molecular flexibility index (Phi) is 8.48. The molecule has 1 saturated heterocycles. The zero-order chi connectivity index (χ0) is 27.4. The summed E-state index contributed by atoms with van der Waals surface area (Å²) in [5.41, 5.74) is 8.84. The molecule has 1 fully saturated rings. The highest BCUT2D eigenvalue weighted by Gasteiger charge is 2.29. The second-order valence-electron chi connectivity index (χ2n) is 8.84. The number of aromatic nitrogens is 1. The van der Waals surface area contributed by atoms with Crippen LogP contribution in [0.4, 0.5) is 8.78 Å². The fourth-order valence-corrected chi connectivity index (χ4v) is 5.65. The third-order valence-corrected chi connectivity index (χ3v) is 8.02. The lowest BCUT2D eigenvalue weighted by molar-refractivity contribution is -0.145. The van der Waals surface area contributed by atoms with Crippen LogP contribution < -0.4 is 15.2 Å². The maximum absolute atomic E-state index is 14.7. The number of hydrogen-bond donors (Lipinski definition) is 4. The molecule has 1 aliphatic rings. The molecule has 1 aliphatic heterocycles. The largest absolute Gasteiger partial charge is 0.479 e. The number of rotatable bonds is 10. The second kappa shape index (κ2) is 11.6. The summed E-state index contributed by atoms with van der Waals surface area (Å²) in [6.07, 6.45) is -0.695. The monoisotopic (exact) mass is 549 g/mol. The summed E-state index contributed by atoms with van der Waals surface area (Å²) in [6.45, 7) is 2.57. The van der Waals surface area contributed by atoms with Crippen LogP contribution in [-0.4, -0.2) is 47.9 Å². The number of hydrogen-bond acceptors (Lipinski definition) is 8. The minimum Gasteiger partial charge on any atom is -0.479 e. The molecular formula is C26H29F2N3O6S. The van der Waals surface area contributed by atoms with E-state index in [1.54, 1.807) is 23.4 Å². The number of pyridine rings is 1. The molecule has 0 bridgehead atoms. The van der Waals surface area contributed by atoms with E-state index in [0.29, 0.717) is 36.7 Å². The van der Waals surface area contributed by atoms with Crippen LogP contribution in [0.25, 0.3) is 11.1 Å². The predicted octanol–water partition coefficient (Wildman–Crippen LogP) is 5.39. The van der Waals surface area contributed by atoms with Gasteiger partial charge in [-0.15, -0.1) is 10.8 Å². The van der Waals surface area contributed by atoms with Crippen molar-refractivity contribution in [3.05, 3.63) is 71.3 Å². The molecule has 2 heterocycles. The molecule has 0 saturated carbocycles. The molecule has 1 aromatic heterocycles. The van der Waals surface area contributed by atoms with E-state index in [-0.39, 0.29) is 24.5 Å². The molecule has 0 aliphatic carbocycles. The fourth-order valence-electron chi connectivity index (χ4n) is 4.09. The summed E-state index contributed by atoms with van der Waals surface area (Å²) in [4.78, 5) is 15.1. The van der Waals surface area contributed by atoms with Gasteiger partial charge in [-0.2, -0.15) is 4.98 Å². The molecule has 0 amide bonds. The number of ether oxygens (including phenoxy) is 2. The van der Waals surface area contributed by atoms with Crippen molar-refractivity contribution in [3.63, 3.8) is 0 Å². The van der Waals surface area contributed by atoms with Crippen LogP contribution in [0.1, 0.15) is 30.9 Å². The molecule has 9 nitrogen and oxygen atoms in total. The van der Waals surface area contributed by atoms with Crippen LogP contribution in [0.2, 0.25) is 0 Å². The lowest BCUT2D eigenvalue weighted by Crippen LogP contribution is -2.26. The number of carboxylic acid groups (broad SMARTS) is 1. The quantitative estimate of drug-likeness (QED) is 0.262. The van der Waals surface area contributed by atoms with Crippen molar-refractivity contribution in [3.8, 4) is 28.6 Å². The van der Waals surface area contributed by atoms with E-state index in [2.05, 4.69) is 4.98 Å². The molecule has 204 valence electrons. The van der Waals surface area contributed by atoms with Crippen molar-refractivity contribution in [1.29, 1.82) is 0 Å². The Labute approximate surface area is 220 Å². The van der Waals surface area contributed by atoms with Crippen LogP contribution in [0.3, 0.4) is 0 Å². The normalized spacial score (nSPS) is 16.7. The molecule has 1 atom stereocenters. The Morgan fingerprint density at radius 3 is 2.50 bits per heavy atom. The van der Waals surface area contributed by atoms with Gasteiger partial charge >= 0.3 is 5.97 Å². The van der Waals surface area contributed by atoms with E-state index in [4.69, 9.17) is 15.2 Å². The topological polar surface area (TPSA) is 138 Å². The maximum Gasteiger partial charge on any atom is 0.344 e. The van der Waals surface area contributed by atoms with Crippen molar-refractivity contribution >= 4 is 16.7 Å². The Balaban J connectivity index is 1.72. The van der Waals surface area contributed by atoms with Gasteiger partial charge in [-0.3, -0.25) is 9.11 Å². The van der Waals surface area contributed by atoms with Gasteiger partial charge in [0.1, 0.15) is 5.75 Å². The van der Waals surface area contributed by atoms with Crippen LogP contribution >= 0.6 is 10.8 Å². The van der Waals surface area contributed by atoms with E-state index >= 15 is 0 Å². The van der Waals surface area contributed by atoms with Crippen molar-refractivity contribution in [2.75, 3.05) is 12.3 Å². The number of carboxylic acids is 1. The van der Waals surface area contributed by atoms with Crippen molar-refractivity contribution in [2.45, 2.75) is 39.0 Å². The van der Waals surface area contributed by atoms with Gasteiger partial charge < -0.3 is 20.3 Å². The summed E-state index contributed by atoms with van der Waals surface area (Å²) in [5, 5.41) is 9.22. The van der Waals surface area contributed by atoms with E-state index < -0.39 is 46.2 Å². The second-order valence-corrected chi connectivity index (χ2v) is 11.0. The van der Waals surface area contributed by atoms with Gasteiger partial charge in [0.15, 0.2) is 17.7 Å². The minimum atomic E-state index is -2.89. The van der Waals surface area contributed by atoms with Gasteiger partial charge in [0.2, 0.25) is 0 Å². The summed E-state index contributed by atoms with van der Waals surface area (Å²) < 4.78 is 62.2. The average molecular weight is 550 g/mol. The molecule has 12 heteroatoms. The first-order valence-electron chi connectivity index (χ1n) is 12.0. The number of nitrogens with two attached hydrogens (primary N) is 1. The molecule has 38 heavy (non-hydrogen) atoms. The van der Waals surface area contributed by atoms with Crippen LogP contribution in [0.15, 0.2) is 48.5 Å². The highest BCUT2D eigenvalue weighted by molar-refractivity contribution is 8.22. The first kappa shape index (κ1) is 27.7. The Bertz CT molecular complexity index is 1330. The molecule has 5 N–H and O–H groups in total. The first-order chi connectivity index (χ1) is 18.1. The summed E-state index contributed by atoms with van der Waals surface area (Å²) >= 11 is 0. The van der Waals surface area contributed by atoms with E-state index in [1.807, 2.05) is 30.3 Å². The smallest absolute Gasteiger partial charge is 0.344 e. The average Bonchev–Trinajstić information content (AvgIpc) is 3.21. The molecule has 0 radical (unpaired) electrons. The zero-order valence-electron chi connectivity index (χ0n) is 20.6. The van der Waals surface area contributed by atoms with Gasteiger partial charge in [0.05, 0.1) is 5.75 Å². The Morgan fingerprint density at radius 1 is 1.11 bits per heavy atom. The van der Waals surface area contributed by atoms with Crippen molar-refractivity contribution < 1.29 is 37.3 Å². The van der Waals surface area contributed by atoms with E-state index in [1.165, 1.54) is 0 Å². The molecule has 2 aromatic carbocycles. The lowest BCUT2D eigenvalue weighted by Gasteiger charge is -2.36. The number of aliphatic carboxylic acids is 1. The fraction of sp³-hybridized carbons (Fsp3) is 0.308. The number of halogens is 2. The van der Waals surface area contributed by atoms with Crippen molar-refractivity contribution in [2.24, 2.45) is 5.73 Å². The Morgan fingerprint density at radius 2 is 1.84 bits per heavy atom. The van der Waals surface area contributed by atoms with Gasteiger partial charge in [-0.05, 0) is 59.4 Å². The van der Waals surface area contributed by atoms with Crippen LogP contribution in [-0.2, 0) is 17.9 Å². The van der Waals surface area contributed by atoms with E-state index in [0.717, 1.165) is 11.1 Å². The van der Waals surface area contributed by atoms with Gasteiger partial charge in [0, 0.05) is 25.7 Å². The van der Waals surface area contributed by atoms with Gasteiger partial charge in [-0.1, -0.05) is 25.1 Å². The van der Waals surface area contributed by atoms with Crippen molar-refractivity contribution in [1.82, 2.24) is 9.29 Å². The van der Waals surface area contributed by atoms with E-state index in [9.17, 15) is 27.8 Å². The highest BCUT2D eigenvalue weighted by atomic mass is 32.3. The molecular weight excluding hydrogens is 520 g/mol. The number of carbonyl (C=O) groups is 1. The minimum absolute atomic E-state index is 0.0347. The molecule has 4 rings (SSSR count). The third-order valence-electron chi connectivity index (χ3n) is 6.04. The number of benzene rings is 2. The summed E-state index contributed by atoms with van der Waals surface area (Å²) in [6, 6.07) is 13.1. The standard InChI is InChI=1S/C26H29F2N3O6S/c1-2-23(26(32)33)37-25-22(28)13-21(27)24(30-25)36-20-11-17(15-31-7-4-8-38(31,34)35)10-19(12-20)18-6-3-5-16(9-18)14-29/h3,5-6,9-13,23,34-35H,2,4,7-8,14-15,29H2,1H3,(H,32,33)/t23-/m1/s1. The molecule has 0 spiro atoms. The predicted molar refractivity (Wildman–Crippen MR) is 139 cm³/mol. The third kappa shape index (κ3) is 6.40. The van der Waals surface area contributed by atoms with Crippen LogP contribution in [0.5, 0.6) is 17.5 Å². The first-order valence-corrected chi connectivity index (χ1v) is 13.6. The van der Waals surface area contributed by atoms with Gasteiger partial charge in [-0.25, -0.2) is 17.9 Å². The number of nitrogens with zero attached hydrogens (tertiary/aromatic N) is 2.